The van der Waals surface area contributed by atoms with Crippen LogP contribution in [0, 0.1) is 5.92 Å². The summed E-state index contributed by atoms with van der Waals surface area (Å²) in [5.74, 6) is 0.161. The average Bonchev–Trinajstić information content (AvgIpc) is 2.90. The molecule has 3 N–H and O–H groups in total. The maximum absolute atomic E-state index is 12.0. The summed E-state index contributed by atoms with van der Waals surface area (Å²) in [7, 11) is -3.79. The summed E-state index contributed by atoms with van der Waals surface area (Å²) in [4.78, 5) is 12.0. The molecule has 1 aromatic carbocycles. The van der Waals surface area contributed by atoms with E-state index < -0.39 is 10.0 Å². The van der Waals surface area contributed by atoms with Crippen molar-refractivity contribution in [1.82, 2.24) is 0 Å². The van der Waals surface area contributed by atoms with Crippen LogP contribution in [-0.4, -0.2) is 14.3 Å². The molecule has 0 fully saturated rings. The van der Waals surface area contributed by atoms with Crippen LogP contribution in [0.1, 0.15) is 31.7 Å². The number of aryl methyl sites for hydroxylation is 1. The van der Waals surface area contributed by atoms with Gasteiger partial charge in [0.1, 0.15) is 0 Å². The maximum atomic E-state index is 12.0. The summed E-state index contributed by atoms with van der Waals surface area (Å²) >= 11 is 0. The van der Waals surface area contributed by atoms with Crippen molar-refractivity contribution in [3.63, 3.8) is 0 Å². The topological polar surface area (TPSA) is 89.3 Å². The lowest BCUT2D eigenvalue weighted by molar-refractivity contribution is -0.116. The quantitative estimate of drug-likeness (QED) is 0.817. The van der Waals surface area contributed by atoms with Gasteiger partial charge in [-0.3, -0.25) is 4.79 Å². The Labute approximate surface area is 125 Å². The standard InChI is InChI=1S/C15H20N2O3S/c1-2-12-7-8-13(10-14(12)21(16,19)20)17-15(18)9-11-5-3-4-6-11/h3,5,7-8,10-11H,2,4,6,9H2,1H3,(H,17,18)(H2,16,19,20)/t11-/m0/s1. The van der Waals surface area contributed by atoms with E-state index in [4.69, 9.17) is 5.14 Å². The molecule has 0 aliphatic heterocycles. The van der Waals surface area contributed by atoms with Gasteiger partial charge >= 0.3 is 0 Å². The number of primary sulfonamides is 1. The van der Waals surface area contributed by atoms with Crippen LogP contribution in [0.15, 0.2) is 35.2 Å². The third kappa shape index (κ3) is 4.15. The Hall–Kier alpha value is -1.66. The van der Waals surface area contributed by atoms with Crippen LogP contribution < -0.4 is 10.5 Å². The largest absolute Gasteiger partial charge is 0.326 e. The number of sulfonamides is 1. The number of benzene rings is 1. The van der Waals surface area contributed by atoms with Gasteiger partial charge in [0.05, 0.1) is 4.90 Å². The number of nitrogens with one attached hydrogen (secondary N) is 1. The number of rotatable bonds is 5. The van der Waals surface area contributed by atoms with Crippen molar-refractivity contribution in [1.29, 1.82) is 0 Å². The van der Waals surface area contributed by atoms with E-state index in [2.05, 4.69) is 17.5 Å². The number of hydrogen-bond donors (Lipinski definition) is 2. The highest BCUT2D eigenvalue weighted by Crippen LogP contribution is 2.23. The summed E-state index contributed by atoms with van der Waals surface area (Å²) in [6.45, 7) is 1.86. The fraction of sp³-hybridized carbons (Fsp3) is 0.400. The zero-order valence-electron chi connectivity index (χ0n) is 12.0. The lowest BCUT2D eigenvalue weighted by Crippen LogP contribution is -2.17. The van der Waals surface area contributed by atoms with E-state index in [0.29, 0.717) is 24.1 Å². The molecule has 0 saturated carbocycles. The van der Waals surface area contributed by atoms with E-state index in [1.165, 1.54) is 6.07 Å². The predicted octanol–water partition coefficient (Wildman–Crippen LogP) is 2.19. The van der Waals surface area contributed by atoms with Crippen molar-refractivity contribution < 1.29 is 13.2 Å². The molecule has 1 aliphatic rings. The van der Waals surface area contributed by atoms with Crippen LogP contribution in [0.25, 0.3) is 0 Å². The Morgan fingerprint density at radius 2 is 2.19 bits per heavy atom. The Kier molecular flexibility index (Phi) is 4.80. The lowest BCUT2D eigenvalue weighted by Gasteiger charge is -2.11. The van der Waals surface area contributed by atoms with E-state index in [1.54, 1.807) is 12.1 Å². The molecule has 0 unspecified atom stereocenters. The Morgan fingerprint density at radius 1 is 1.43 bits per heavy atom. The van der Waals surface area contributed by atoms with Crippen LogP contribution in [0.4, 0.5) is 5.69 Å². The third-order valence-electron chi connectivity index (χ3n) is 3.60. The molecule has 0 saturated heterocycles. The second-order valence-electron chi connectivity index (χ2n) is 5.24. The van der Waals surface area contributed by atoms with Crippen molar-refractivity contribution in [3.05, 3.63) is 35.9 Å². The minimum absolute atomic E-state index is 0.0727. The van der Waals surface area contributed by atoms with Gasteiger partial charge in [-0.15, -0.1) is 0 Å². The van der Waals surface area contributed by atoms with Crippen molar-refractivity contribution in [3.8, 4) is 0 Å². The minimum atomic E-state index is -3.79. The highest BCUT2D eigenvalue weighted by atomic mass is 32.2. The zero-order valence-corrected chi connectivity index (χ0v) is 12.8. The number of carbonyl (C=O) groups excluding carboxylic acids is 1. The Balaban J connectivity index is 2.13. The van der Waals surface area contributed by atoms with Gasteiger partial charge in [0.15, 0.2) is 0 Å². The van der Waals surface area contributed by atoms with E-state index in [1.807, 2.05) is 6.92 Å². The van der Waals surface area contributed by atoms with Crippen LogP contribution >= 0.6 is 0 Å². The molecule has 5 nitrogen and oxygen atoms in total. The monoisotopic (exact) mass is 308 g/mol. The van der Waals surface area contributed by atoms with E-state index in [-0.39, 0.29) is 16.7 Å². The van der Waals surface area contributed by atoms with Gasteiger partial charge in [0.2, 0.25) is 15.9 Å². The number of hydrogen-bond acceptors (Lipinski definition) is 3. The number of amides is 1. The maximum Gasteiger partial charge on any atom is 0.238 e. The summed E-state index contributed by atoms with van der Waals surface area (Å²) < 4.78 is 23.2. The second kappa shape index (κ2) is 6.41. The fourth-order valence-corrected chi connectivity index (χ4v) is 3.37. The summed E-state index contributed by atoms with van der Waals surface area (Å²) in [6.07, 6.45) is 7.11. The molecule has 0 bridgehead atoms. The fourth-order valence-electron chi connectivity index (χ4n) is 2.50. The normalized spacial score (nSPS) is 17.9. The number of allylic oxidation sites excluding steroid dienone is 2. The van der Waals surface area contributed by atoms with Gasteiger partial charge in [-0.2, -0.15) is 0 Å². The van der Waals surface area contributed by atoms with Gasteiger partial charge in [-0.25, -0.2) is 13.6 Å². The van der Waals surface area contributed by atoms with Gasteiger partial charge in [0.25, 0.3) is 0 Å². The summed E-state index contributed by atoms with van der Waals surface area (Å²) in [6, 6.07) is 4.82. The molecule has 1 aliphatic carbocycles. The first-order chi connectivity index (χ1) is 9.90. The van der Waals surface area contributed by atoms with Gasteiger partial charge in [0, 0.05) is 12.1 Å². The van der Waals surface area contributed by atoms with Crippen molar-refractivity contribution in [2.24, 2.45) is 11.1 Å². The highest BCUT2D eigenvalue weighted by molar-refractivity contribution is 7.89. The average molecular weight is 308 g/mol. The number of anilines is 1. The van der Waals surface area contributed by atoms with E-state index >= 15 is 0 Å². The minimum Gasteiger partial charge on any atom is -0.326 e. The van der Waals surface area contributed by atoms with Crippen LogP contribution in [0.2, 0.25) is 0 Å². The van der Waals surface area contributed by atoms with E-state index in [9.17, 15) is 13.2 Å². The number of carbonyl (C=O) groups is 1. The molecule has 1 atom stereocenters. The van der Waals surface area contributed by atoms with Crippen LogP contribution in [-0.2, 0) is 21.2 Å². The molecule has 0 spiro atoms. The van der Waals surface area contributed by atoms with Crippen LogP contribution in [0.3, 0.4) is 0 Å². The molecule has 0 radical (unpaired) electrons. The molecule has 0 aromatic heterocycles. The van der Waals surface area contributed by atoms with Crippen molar-refractivity contribution >= 4 is 21.6 Å². The van der Waals surface area contributed by atoms with Crippen molar-refractivity contribution in [2.45, 2.75) is 37.5 Å². The summed E-state index contributed by atoms with van der Waals surface area (Å²) in [5.41, 5.74) is 1.11. The number of nitrogens with two attached hydrogens (primary N) is 1. The first-order valence-corrected chi connectivity index (χ1v) is 8.57. The van der Waals surface area contributed by atoms with Gasteiger partial charge in [-0.1, -0.05) is 25.1 Å². The van der Waals surface area contributed by atoms with Gasteiger partial charge in [-0.05, 0) is 42.9 Å². The lowest BCUT2D eigenvalue weighted by atomic mass is 10.0. The first kappa shape index (κ1) is 15.7. The molecule has 114 valence electrons. The molecule has 6 heteroatoms. The highest BCUT2D eigenvalue weighted by Gasteiger charge is 2.17. The smallest absolute Gasteiger partial charge is 0.238 e. The summed E-state index contributed by atoms with van der Waals surface area (Å²) in [5, 5.41) is 7.96. The second-order valence-corrected chi connectivity index (χ2v) is 6.77. The SMILES string of the molecule is CCc1ccc(NC(=O)C[C@H]2C=CCC2)cc1S(N)(=O)=O. The zero-order chi connectivity index (χ0) is 15.5. The Morgan fingerprint density at radius 3 is 2.76 bits per heavy atom. The molecule has 0 heterocycles. The predicted molar refractivity (Wildman–Crippen MR) is 82.3 cm³/mol. The third-order valence-corrected chi connectivity index (χ3v) is 4.59. The molecule has 1 amide bonds. The molecule has 1 aromatic rings. The van der Waals surface area contributed by atoms with Crippen LogP contribution in [0.5, 0.6) is 0 Å². The van der Waals surface area contributed by atoms with E-state index in [0.717, 1.165) is 12.8 Å². The molecule has 21 heavy (non-hydrogen) atoms. The molecule has 2 rings (SSSR count). The van der Waals surface area contributed by atoms with Crippen molar-refractivity contribution in [2.75, 3.05) is 5.32 Å². The first-order valence-electron chi connectivity index (χ1n) is 7.02. The Bertz CT molecular complexity index is 665. The van der Waals surface area contributed by atoms with Gasteiger partial charge < -0.3 is 5.32 Å². The molecular formula is C15H20N2O3S. The molecular weight excluding hydrogens is 288 g/mol.